The van der Waals surface area contributed by atoms with Gasteiger partial charge in [0.2, 0.25) is 0 Å². The van der Waals surface area contributed by atoms with Gasteiger partial charge in [-0.25, -0.2) is 4.18 Å². The van der Waals surface area contributed by atoms with Gasteiger partial charge in [-0.3, -0.25) is 9.35 Å². The second kappa shape index (κ2) is 9.21. The van der Waals surface area contributed by atoms with E-state index in [0.29, 0.717) is 0 Å². The third-order valence-corrected chi connectivity index (χ3v) is 6.05. The number of hydrogen-bond acceptors (Lipinski definition) is 13. The first-order valence-electron chi connectivity index (χ1n) is 10.1. The van der Waals surface area contributed by atoms with Gasteiger partial charge in [0, 0.05) is 23.8 Å². The van der Waals surface area contributed by atoms with Crippen molar-refractivity contribution in [2.75, 3.05) is 6.61 Å². The van der Waals surface area contributed by atoms with Gasteiger partial charge in [0.15, 0.2) is 5.43 Å². The zero-order valence-corrected chi connectivity index (χ0v) is 18.7. The number of phenolic OH excluding ortho intramolecular Hbond substituents is 4. The van der Waals surface area contributed by atoms with E-state index in [2.05, 4.69) is 4.18 Å². The van der Waals surface area contributed by atoms with Crippen molar-refractivity contribution in [1.82, 2.24) is 0 Å². The minimum atomic E-state index is -5.26. The molecule has 14 nitrogen and oxygen atoms in total. The molecule has 0 radical (unpaired) electrons. The Bertz CT molecular complexity index is 1460. The van der Waals surface area contributed by atoms with Crippen molar-refractivity contribution in [2.45, 2.75) is 30.5 Å². The molecule has 1 aromatic heterocycles. The van der Waals surface area contributed by atoms with Gasteiger partial charge in [-0.1, -0.05) is 0 Å². The number of phenols is 4. The van der Waals surface area contributed by atoms with Crippen LogP contribution in [-0.4, -0.2) is 79.7 Å². The maximum absolute atomic E-state index is 12.9. The molecular weight excluding hydrogens is 508 g/mol. The second-order valence-corrected chi connectivity index (χ2v) is 9.04. The van der Waals surface area contributed by atoms with Crippen LogP contribution in [0.4, 0.5) is 0 Å². The molecule has 1 saturated heterocycles. The largest absolute Gasteiger partial charge is 0.508 e. The highest BCUT2D eigenvalue weighted by atomic mass is 32.3. The topological polar surface area (TPSA) is 245 Å². The number of aliphatic hydroxyl groups excluding tert-OH is 3. The van der Waals surface area contributed by atoms with Gasteiger partial charge in [-0.15, -0.1) is 0 Å². The van der Waals surface area contributed by atoms with Crippen molar-refractivity contribution in [2.24, 2.45) is 0 Å². The molecule has 0 spiro atoms. The molecule has 2 aromatic carbocycles. The first-order chi connectivity index (χ1) is 16.8. The summed E-state index contributed by atoms with van der Waals surface area (Å²) in [5.41, 5.74) is -1.85. The molecule has 0 bridgehead atoms. The number of rotatable bonds is 5. The normalized spacial score (nSPS) is 24.7. The van der Waals surface area contributed by atoms with E-state index in [4.69, 9.17) is 13.7 Å². The van der Waals surface area contributed by atoms with Crippen molar-refractivity contribution in [3.63, 3.8) is 0 Å². The molecule has 15 heteroatoms. The van der Waals surface area contributed by atoms with Crippen LogP contribution in [0.1, 0.15) is 11.7 Å². The Labute approximate surface area is 201 Å². The molecule has 4 rings (SSSR count). The summed E-state index contributed by atoms with van der Waals surface area (Å²) in [6.45, 7) is -0.884. The molecule has 2 heterocycles. The standard InChI is InChI=1S/C21H20O14S/c22-6-14-17(27)19(29)21(35-36(30,31)32)20(34-14)16-11(26)5-13-15(18(16)28)10(25)4-12(33-13)7-1-8(23)3-9(24)2-7/h1-5,14,17,19-24,26-29H,6H2,(H,30,31,32)/t14-,17-,19+,20+,21+/m1/s1. The molecule has 194 valence electrons. The summed E-state index contributed by atoms with van der Waals surface area (Å²) in [7, 11) is -5.26. The fourth-order valence-corrected chi connectivity index (χ4v) is 4.53. The average Bonchev–Trinajstić information content (AvgIpc) is 2.76. The van der Waals surface area contributed by atoms with Gasteiger partial charge in [0.05, 0.1) is 12.2 Å². The van der Waals surface area contributed by atoms with Gasteiger partial charge in [-0.05, 0) is 12.1 Å². The summed E-state index contributed by atoms with van der Waals surface area (Å²) >= 11 is 0. The Balaban J connectivity index is 1.90. The van der Waals surface area contributed by atoms with Crippen LogP contribution in [0.25, 0.3) is 22.3 Å². The fourth-order valence-electron chi connectivity index (χ4n) is 4.04. The Morgan fingerprint density at radius 2 is 1.58 bits per heavy atom. The van der Waals surface area contributed by atoms with Crippen LogP contribution in [0.3, 0.4) is 0 Å². The van der Waals surface area contributed by atoms with Gasteiger partial charge in [0.25, 0.3) is 0 Å². The highest BCUT2D eigenvalue weighted by molar-refractivity contribution is 7.80. The summed E-state index contributed by atoms with van der Waals surface area (Å²) in [6, 6.07) is 5.14. The summed E-state index contributed by atoms with van der Waals surface area (Å²) in [5, 5.41) is 70.3. The Hall–Kier alpha value is -3.44. The van der Waals surface area contributed by atoms with Crippen molar-refractivity contribution in [3.05, 3.63) is 46.1 Å². The molecule has 0 aliphatic carbocycles. The van der Waals surface area contributed by atoms with Gasteiger partial charge < -0.3 is 44.9 Å². The van der Waals surface area contributed by atoms with Crippen LogP contribution in [-0.2, 0) is 19.3 Å². The minimum absolute atomic E-state index is 0.0784. The van der Waals surface area contributed by atoms with Crippen LogP contribution >= 0.6 is 0 Å². The molecule has 0 unspecified atom stereocenters. The predicted octanol–water partition coefficient (Wildman–Crippen LogP) is -0.376. The maximum Gasteiger partial charge on any atom is 0.397 e. The molecule has 0 amide bonds. The molecule has 5 atom stereocenters. The van der Waals surface area contributed by atoms with E-state index in [1.54, 1.807) is 0 Å². The second-order valence-electron chi connectivity index (χ2n) is 7.99. The Morgan fingerprint density at radius 1 is 0.944 bits per heavy atom. The monoisotopic (exact) mass is 528 g/mol. The van der Waals surface area contributed by atoms with E-state index >= 15 is 0 Å². The van der Waals surface area contributed by atoms with Gasteiger partial charge in [0.1, 0.15) is 70.2 Å². The van der Waals surface area contributed by atoms with E-state index < -0.39 is 75.4 Å². The number of fused-ring (bicyclic) bond motifs is 1. The molecule has 1 aliphatic rings. The molecule has 0 saturated carbocycles. The van der Waals surface area contributed by atoms with Gasteiger partial charge >= 0.3 is 10.4 Å². The van der Waals surface area contributed by atoms with Gasteiger partial charge in [-0.2, -0.15) is 8.42 Å². The van der Waals surface area contributed by atoms with Crippen LogP contribution in [0.5, 0.6) is 23.0 Å². The first kappa shape index (κ1) is 25.6. The molecule has 1 fully saturated rings. The molecular formula is C21H20O14S. The summed E-state index contributed by atoms with van der Waals surface area (Å²) in [4.78, 5) is 12.9. The summed E-state index contributed by atoms with van der Waals surface area (Å²) in [5.74, 6) is -2.66. The first-order valence-corrected chi connectivity index (χ1v) is 11.5. The predicted molar refractivity (Wildman–Crippen MR) is 118 cm³/mol. The quantitative estimate of drug-likeness (QED) is 0.197. The Kier molecular flexibility index (Phi) is 6.56. The van der Waals surface area contributed by atoms with Crippen molar-refractivity contribution in [1.29, 1.82) is 0 Å². The summed E-state index contributed by atoms with van der Waals surface area (Å²) < 4.78 is 47.1. The number of ether oxygens (including phenoxy) is 1. The lowest BCUT2D eigenvalue weighted by molar-refractivity contribution is -0.226. The zero-order valence-electron chi connectivity index (χ0n) is 17.9. The van der Waals surface area contributed by atoms with Crippen LogP contribution in [0.2, 0.25) is 0 Å². The molecule has 3 aromatic rings. The fraction of sp³-hybridized carbons (Fsp3) is 0.286. The van der Waals surface area contributed by atoms with Crippen LogP contribution in [0.15, 0.2) is 39.5 Å². The third-order valence-electron chi connectivity index (χ3n) is 5.58. The Morgan fingerprint density at radius 3 is 2.17 bits per heavy atom. The lowest BCUT2D eigenvalue weighted by atomic mass is 9.89. The highest BCUT2D eigenvalue weighted by Crippen LogP contribution is 2.45. The minimum Gasteiger partial charge on any atom is -0.508 e. The van der Waals surface area contributed by atoms with Crippen molar-refractivity contribution < 1.29 is 62.1 Å². The van der Waals surface area contributed by atoms with Crippen LogP contribution < -0.4 is 5.43 Å². The lowest BCUT2D eigenvalue weighted by Crippen LogP contribution is -2.56. The van der Waals surface area contributed by atoms with E-state index in [1.165, 1.54) is 12.1 Å². The van der Waals surface area contributed by atoms with Crippen molar-refractivity contribution in [3.8, 4) is 34.3 Å². The number of hydrogen-bond donors (Lipinski definition) is 8. The molecule has 36 heavy (non-hydrogen) atoms. The van der Waals surface area contributed by atoms with E-state index in [-0.39, 0.29) is 28.4 Å². The molecule has 1 aliphatic heterocycles. The SMILES string of the molecule is O=c1cc(-c2cc(O)cc(O)c2)oc2cc(O)c([C@@H]3O[C@H](CO)[C@@H](O)[C@H](O)[C@@H]3OS(=O)(=O)O)c(O)c12. The highest BCUT2D eigenvalue weighted by Gasteiger charge is 2.49. The lowest BCUT2D eigenvalue weighted by Gasteiger charge is -2.41. The number of aliphatic hydroxyl groups is 3. The van der Waals surface area contributed by atoms with E-state index in [9.17, 15) is 49.0 Å². The third kappa shape index (κ3) is 4.68. The molecule has 8 N–H and O–H groups in total. The average molecular weight is 528 g/mol. The summed E-state index contributed by atoms with van der Waals surface area (Å²) in [6.07, 6.45) is -9.59. The van der Waals surface area contributed by atoms with Crippen LogP contribution in [0, 0.1) is 0 Å². The number of benzene rings is 2. The van der Waals surface area contributed by atoms with Crippen molar-refractivity contribution >= 4 is 21.4 Å². The maximum atomic E-state index is 12.9. The van der Waals surface area contributed by atoms with E-state index in [0.717, 1.165) is 18.2 Å². The van der Waals surface area contributed by atoms with E-state index in [1.807, 2.05) is 0 Å². The smallest absolute Gasteiger partial charge is 0.397 e. The number of aromatic hydroxyl groups is 4. The zero-order chi connectivity index (χ0) is 26.5.